The van der Waals surface area contributed by atoms with Crippen LogP contribution in [0.1, 0.15) is 45.1 Å². The van der Waals surface area contributed by atoms with E-state index in [1.165, 1.54) is 24.2 Å². The van der Waals surface area contributed by atoms with E-state index in [-0.39, 0.29) is 17.6 Å². The topological polar surface area (TPSA) is 69.0 Å². The predicted octanol–water partition coefficient (Wildman–Crippen LogP) is 5.72. The molecule has 0 saturated heterocycles. The van der Waals surface area contributed by atoms with Crippen molar-refractivity contribution in [1.82, 2.24) is 14.8 Å². The van der Waals surface area contributed by atoms with Crippen LogP contribution in [0.25, 0.3) is 11.4 Å². The molecule has 0 spiro atoms. The molecule has 1 aliphatic rings. The number of anilines is 1. The molecular formula is C24H27FN4O2S. The SMILES string of the molecule is COc1ccccc1-c1nnc(S[C@H](C)C(=O)Nc2ccccc2F)n1C1CCCCC1. The fraction of sp³-hybridized carbons (Fsp3) is 0.375. The minimum Gasteiger partial charge on any atom is -0.496 e. The Labute approximate surface area is 191 Å². The molecule has 1 atom stereocenters. The summed E-state index contributed by atoms with van der Waals surface area (Å²) in [6, 6.07) is 14.2. The average molecular weight is 455 g/mol. The maximum atomic E-state index is 13.9. The van der Waals surface area contributed by atoms with Crippen LogP contribution >= 0.6 is 11.8 Å². The molecule has 0 bridgehead atoms. The zero-order chi connectivity index (χ0) is 22.5. The highest BCUT2D eigenvalue weighted by atomic mass is 32.2. The van der Waals surface area contributed by atoms with Crippen LogP contribution in [0.4, 0.5) is 10.1 Å². The Morgan fingerprint density at radius 1 is 1.12 bits per heavy atom. The average Bonchev–Trinajstić information content (AvgIpc) is 3.24. The molecule has 1 heterocycles. The first-order valence-electron chi connectivity index (χ1n) is 10.9. The molecule has 168 valence electrons. The molecule has 0 unspecified atom stereocenters. The first-order valence-corrected chi connectivity index (χ1v) is 11.8. The highest BCUT2D eigenvalue weighted by Crippen LogP contribution is 2.39. The minimum absolute atomic E-state index is 0.174. The van der Waals surface area contributed by atoms with Crippen molar-refractivity contribution in [2.75, 3.05) is 12.4 Å². The van der Waals surface area contributed by atoms with E-state index >= 15 is 0 Å². The van der Waals surface area contributed by atoms with Crippen LogP contribution in [0.3, 0.4) is 0 Å². The van der Waals surface area contributed by atoms with Crippen LogP contribution in [-0.2, 0) is 4.79 Å². The van der Waals surface area contributed by atoms with Crippen molar-refractivity contribution >= 4 is 23.4 Å². The Kier molecular flexibility index (Phi) is 7.09. The number of para-hydroxylation sites is 2. The van der Waals surface area contributed by atoms with Crippen molar-refractivity contribution in [3.63, 3.8) is 0 Å². The second kappa shape index (κ2) is 10.2. The maximum Gasteiger partial charge on any atom is 0.237 e. The molecule has 1 aliphatic carbocycles. The maximum absolute atomic E-state index is 13.9. The third-order valence-corrected chi connectivity index (χ3v) is 6.79. The van der Waals surface area contributed by atoms with Gasteiger partial charge in [0.15, 0.2) is 11.0 Å². The summed E-state index contributed by atoms with van der Waals surface area (Å²) in [5.74, 6) is 0.747. The standard InChI is InChI=1S/C24H27FN4O2S/c1-16(23(30)26-20-14-8-7-13-19(20)25)32-24-28-27-22(18-12-6-9-15-21(18)31-2)29(24)17-10-4-3-5-11-17/h6-9,12-17H,3-5,10-11H2,1-2H3,(H,26,30)/t16-/m1/s1. The second-order valence-corrected chi connectivity index (χ2v) is 9.21. The summed E-state index contributed by atoms with van der Waals surface area (Å²) in [6.07, 6.45) is 5.63. The number of hydrogen-bond acceptors (Lipinski definition) is 5. The Bertz CT molecular complexity index is 1080. The van der Waals surface area contributed by atoms with Crippen LogP contribution in [0.15, 0.2) is 53.7 Å². The van der Waals surface area contributed by atoms with Gasteiger partial charge in [-0.05, 0) is 44.0 Å². The molecule has 3 aromatic rings. The first kappa shape index (κ1) is 22.3. The molecule has 0 aliphatic heterocycles. The van der Waals surface area contributed by atoms with Crippen molar-refractivity contribution in [1.29, 1.82) is 0 Å². The van der Waals surface area contributed by atoms with Crippen LogP contribution < -0.4 is 10.1 Å². The van der Waals surface area contributed by atoms with E-state index in [0.717, 1.165) is 42.8 Å². The molecule has 1 saturated carbocycles. The van der Waals surface area contributed by atoms with Crippen LogP contribution in [0, 0.1) is 5.82 Å². The third kappa shape index (κ3) is 4.80. The summed E-state index contributed by atoms with van der Waals surface area (Å²) in [6.45, 7) is 1.80. The summed E-state index contributed by atoms with van der Waals surface area (Å²) < 4.78 is 21.7. The number of aromatic nitrogens is 3. The Hall–Kier alpha value is -2.87. The number of benzene rings is 2. The molecule has 6 nitrogen and oxygen atoms in total. The molecule has 8 heteroatoms. The summed E-state index contributed by atoms with van der Waals surface area (Å²) in [7, 11) is 1.64. The largest absolute Gasteiger partial charge is 0.496 e. The number of ether oxygens (including phenoxy) is 1. The monoisotopic (exact) mass is 454 g/mol. The Morgan fingerprint density at radius 3 is 2.59 bits per heavy atom. The van der Waals surface area contributed by atoms with Gasteiger partial charge in [0.2, 0.25) is 5.91 Å². The van der Waals surface area contributed by atoms with Crippen molar-refractivity contribution in [3.05, 3.63) is 54.3 Å². The summed E-state index contributed by atoms with van der Waals surface area (Å²) in [5, 5.41) is 11.8. The number of thioether (sulfide) groups is 1. The van der Waals surface area contributed by atoms with Gasteiger partial charge in [-0.3, -0.25) is 9.36 Å². The molecule has 0 radical (unpaired) electrons. The Morgan fingerprint density at radius 2 is 1.84 bits per heavy atom. The molecule has 1 fully saturated rings. The van der Waals surface area contributed by atoms with Gasteiger partial charge < -0.3 is 10.1 Å². The number of hydrogen-bond donors (Lipinski definition) is 1. The number of nitrogens with one attached hydrogen (secondary N) is 1. The number of nitrogens with zero attached hydrogens (tertiary/aromatic N) is 3. The summed E-state index contributed by atoms with van der Waals surface area (Å²) in [4.78, 5) is 12.8. The van der Waals surface area contributed by atoms with E-state index in [1.807, 2.05) is 24.3 Å². The van der Waals surface area contributed by atoms with Crippen LogP contribution in [-0.4, -0.2) is 33.0 Å². The number of carbonyl (C=O) groups excluding carboxylic acids is 1. The fourth-order valence-electron chi connectivity index (χ4n) is 4.05. The van der Waals surface area contributed by atoms with E-state index < -0.39 is 11.1 Å². The number of methoxy groups -OCH3 is 1. The lowest BCUT2D eigenvalue weighted by Gasteiger charge is -2.26. The van der Waals surface area contributed by atoms with Gasteiger partial charge in [-0.25, -0.2) is 4.39 Å². The van der Waals surface area contributed by atoms with Crippen LogP contribution in [0.5, 0.6) is 5.75 Å². The normalized spacial score (nSPS) is 15.3. The van der Waals surface area contributed by atoms with E-state index in [2.05, 4.69) is 20.1 Å². The van der Waals surface area contributed by atoms with Crippen LogP contribution in [0.2, 0.25) is 0 Å². The van der Waals surface area contributed by atoms with Gasteiger partial charge in [0.1, 0.15) is 11.6 Å². The number of amides is 1. The molecular weight excluding hydrogens is 427 g/mol. The predicted molar refractivity (Wildman–Crippen MR) is 124 cm³/mol. The van der Waals surface area contributed by atoms with Gasteiger partial charge in [-0.15, -0.1) is 10.2 Å². The highest BCUT2D eigenvalue weighted by molar-refractivity contribution is 8.00. The minimum atomic E-state index is -0.480. The second-order valence-electron chi connectivity index (χ2n) is 7.90. The summed E-state index contributed by atoms with van der Waals surface area (Å²) in [5.41, 5.74) is 1.05. The van der Waals surface area contributed by atoms with Gasteiger partial charge in [0.05, 0.1) is 23.6 Å². The smallest absolute Gasteiger partial charge is 0.237 e. The van der Waals surface area contributed by atoms with Crippen molar-refractivity contribution < 1.29 is 13.9 Å². The number of carbonyl (C=O) groups is 1. The van der Waals surface area contributed by atoms with E-state index in [0.29, 0.717) is 5.16 Å². The van der Waals surface area contributed by atoms with Gasteiger partial charge in [0, 0.05) is 6.04 Å². The molecule has 4 rings (SSSR count). The van der Waals surface area contributed by atoms with Gasteiger partial charge in [0.25, 0.3) is 0 Å². The molecule has 1 amide bonds. The molecule has 2 aromatic carbocycles. The van der Waals surface area contributed by atoms with E-state index in [4.69, 9.17) is 4.74 Å². The number of rotatable bonds is 7. The number of halogens is 1. The molecule has 32 heavy (non-hydrogen) atoms. The van der Waals surface area contributed by atoms with Gasteiger partial charge in [-0.2, -0.15) is 0 Å². The zero-order valence-corrected chi connectivity index (χ0v) is 19.1. The molecule has 1 aromatic heterocycles. The van der Waals surface area contributed by atoms with Crippen molar-refractivity contribution in [3.8, 4) is 17.1 Å². The summed E-state index contributed by atoms with van der Waals surface area (Å²) >= 11 is 1.34. The Balaban J connectivity index is 1.62. The highest BCUT2D eigenvalue weighted by Gasteiger charge is 2.27. The lowest BCUT2D eigenvalue weighted by atomic mass is 9.95. The van der Waals surface area contributed by atoms with Gasteiger partial charge in [-0.1, -0.05) is 55.3 Å². The van der Waals surface area contributed by atoms with Crippen molar-refractivity contribution in [2.45, 2.75) is 55.5 Å². The van der Waals surface area contributed by atoms with Crippen molar-refractivity contribution in [2.24, 2.45) is 0 Å². The van der Waals surface area contributed by atoms with E-state index in [9.17, 15) is 9.18 Å². The first-order chi connectivity index (χ1) is 15.6. The quantitative estimate of drug-likeness (QED) is 0.463. The fourth-order valence-corrected chi connectivity index (χ4v) is 4.97. The van der Waals surface area contributed by atoms with Gasteiger partial charge >= 0.3 is 0 Å². The molecule has 1 N–H and O–H groups in total. The van der Waals surface area contributed by atoms with E-state index in [1.54, 1.807) is 32.2 Å². The lowest BCUT2D eigenvalue weighted by molar-refractivity contribution is -0.115. The lowest BCUT2D eigenvalue weighted by Crippen LogP contribution is -2.24. The zero-order valence-electron chi connectivity index (χ0n) is 18.3. The third-order valence-electron chi connectivity index (χ3n) is 5.74.